The lowest BCUT2D eigenvalue weighted by Crippen LogP contribution is -2.01. The number of nitrogens with two attached hydrogens (primary N) is 1. The molecule has 0 aliphatic carbocycles. The molecule has 0 aromatic heterocycles. The fourth-order valence-corrected chi connectivity index (χ4v) is 1.97. The highest BCUT2D eigenvalue weighted by Crippen LogP contribution is 2.42. The van der Waals surface area contributed by atoms with Crippen LogP contribution in [-0.2, 0) is 6.42 Å². The maximum atomic E-state index is 10.8. The molecule has 1 aromatic carbocycles. The van der Waals surface area contributed by atoms with E-state index in [-0.39, 0.29) is 15.2 Å². The Morgan fingerprint density at radius 3 is 2.75 bits per heavy atom. The summed E-state index contributed by atoms with van der Waals surface area (Å²) in [5, 5.41) is 20.7. The Kier molecular flexibility index (Phi) is 4.52. The zero-order valence-electron chi connectivity index (χ0n) is 8.24. The van der Waals surface area contributed by atoms with Gasteiger partial charge in [-0.2, -0.15) is 0 Å². The largest absolute Gasteiger partial charge is 0.502 e. The van der Waals surface area contributed by atoms with E-state index in [1.807, 2.05) is 0 Å². The second-order valence-electron chi connectivity index (χ2n) is 3.18. The van der Waals surface area contributed by atoms with Gasteiger partial charge in [0.25, 0.3) is 0 Å². The summed E-state index contributed by atoms with van der Waals surface area (Å²) < 4.78 is 0.0909. The Morgan fingerprint density at radius 1 is 1.62 bits per heavy atom. The van der Waals surface area contributed by atoms with Crippen molar-refractivity contribution in [2.24, 2.45) is 5.73 Å². The van der Waals surface area contributed by atoms with E-state index in [2.05, 4.69) is 15.9 Å². The van der Waals surface area contributed by atoms with Crippen LogP contribution in [0.25, 0.3) is 0 Å². The van der Waals surface area contributed by atoms with E-state index in [0.717, 1.165) is 0 Å². The minimum Gasteiger partial charge on any atom is -0.502 e. The van der Waals surface area contributed by atoms with Crippen LogP contribution in [0.5, 0.6) is 5.75 Å². The number of nitro benzene ring substituents is 1. The molecule has 7 heteroatoms. The van der Waals surface area contributed by atoms with Crippen molar-refractivity contribution in [3.05, 3.63) is 31.2 Å². The number of phenolic OH excluding ortho intramolecular Hbond substituents is 1. The summed E-state index contributed by atoms with van der Waals surface area (Å²) in [5.74, 6) is -0.352. The minimum atomic E-state index is -0.669. The third-order valence-electron chi connectivity index (χ3n) is 2.08. The molecule has 0 bridgehead atoms. The average molecular weight is 310 g/mol. The molecule has 0 heterocycles. The molecule has 0 atom stereocenters. The average Bonchev–Trinajstić information content (AvgIpc) is 2.21. The minimum absolute atomic E-state index is 0.0909. The third-order valence-corrected chi connectivity index (χ3v) is 3.41. The van der Waals surface area contributed by atoms with Crippen LogP contribution in [-0.4, -0.2) is 16.6 Å². The smallest absolute Gasteiger partial charge is 0.326 e. The number of halogens is 2. The summed E-state index contributed by atoms with van der Waals surface area (Å²) in [6.07, 6.45) is 1.08. The van der Waals surface area contributed by atoms with Crippen LogP contribution >= 0.6 is 27.5 Å². The normalized spacial score (nSPS) is 10.4. The first-order chi connectivity index (χ1) is 7.49. The zero-order chi connectivity index (χ0) is 12.3. The predicted octanol–water partition coefficient (Wildman–Crippen LogP) is 2.61. The highest BCUT2D eigenvalue weighted by molar-refractivity contribution is 9.10. The zero-order valence-corrected chi connectivity index (χ0v) is 10.6. The Labute approximate surface area is 105 Å². The molecule has 1 rings (SSSR count). The Morgan fingerprint density at radius 2 is 2.25 bits per heavy atom. The molecule has 0 saturated heterocycles. The number of hydrogen-bond acceptors (Lipinski definition) is 4. The number of benzene rings is 1. The summed E-state index contributed by atoms with van der Waals surface area (Å²) in [6, 6.07) is 1.50. The highest BCUT2D eigenvalue weighted by Gasteiger charge is 2.24. The lowest BCUT2D eigenvalue weighted by molar-refractivity contribution is -0.386. The molecule has 0 saturated carbocycles. The quantitative estimate of drug-likeness (QED) is 0.661. The van der Waals surface area contributed by atoms with E-state index < -0.39 is 10.6 Å². The van der Waals surface area contributed by atoms with Gasteiger partial charge in [0.2, 0.25) is 0 Å². The maximum Gasteiger partial charge on any atom is 0.326 e. The van der Waals surface area contributed by atoms with Crippen molar-refractivity contribution in [2.45, 2.75) is 12.8 Å². The molecule has 1 aromatic rings. The SMILES string of the molecule is NCCCc1cc(Cl)c(Br)c([N+](=O)[O-])c1O. The van der Waals surface area contributed by atoms with Crippen molar-refractivity contribution in [3.63, 3.8) is 0 Å². The van der Waals surface area contributed by atoms with E-state index in [0.29, 0.717) is 24.9 Å². The summed E-state index contributed by atoms with van der Waals surface area (Å²) in [5.41, 5.74) is 5.37. The number of hydrogen-bond donors (Lipinski definition) is 2. The summed E-state index contributed by atoms with van der Waals surface area (Å²) in [4.78, 5) is 10.1. The van der Waals surface area contributed by atoms with E-state index in [1.54, 1.807) is 0 Å². The predicted molar refractivity (Wildman–Crippen MR) is 64.8 cm³/mol. The number of phenols is 1. The van der Waals surface area contributed by atoms with Crippen LogP contribution in [0.15, 0.2) is 10.5 Å². The summed E-state index contributed by atoms with van der Waals surface area (Å²) in [6.45, 7) is 0.445. The molecule has 0 unspecified atom stereocenters. The van der Waals surface area contributed by atoms with Crippen molar-refractivity contribution in [1.82, 2.24) is 0 Å². The molecule has 5 nitrogen and oxygen atoms in total. The van der Waals surface area contributed by atoms with Gasteiger partial charge < -0.3 is 10.8 Å². The number of aryl methyl sites for hydroxylation is 1. The van der Waals surface area contributed by atoms with Gasteiger partial charge in [-0.1, -0.05) is 11.6 Å². The fraction of sp³-hybridized carbons (Fsp3) is 0.333. The molecule has 88 valence electrons. The van der Waals surface area contributed by atoms with Crippen molar-refractivity contribution in [2.75, 3.05) is 6.54 Å². The van der Waals surface area contributed by atoms with Crippen molar-refractivity contribution in [3.8, 4) is 5.75 Å². The molecule has 0 amide bonds. The Balaban J connectivity index is 3.27. The van der Waals surface area contributed by atoms with Gasteiger partial charge in [0.05, 0.1) is 9.95 Å². The van der Waals surface area contributed by atoms with Crippen molar-refractivity contribution in [1.29, 1.82) is 0 Å². The molecule has 0 spiro atoms. The first-order valence-corrected chi connectivity index (χ1v) is 5.70. The van der Waals surface area contributed by atoms with Gasteiger partial charge in [-0.15, -0.1) is 0 Å². The third kappa shape index (κ3) is 2.63. The number of rotatable bonds is 4. The second-order valence-corrected chi connectivity index (χ2v) is 4.38. The van der Waals surface area contributed by atoms with E-state index in [9.17, 15) is 15.2 Å². The van der Waals surface area contributed by atoms with E-state index in [4.69, 9.17) is 17.3 Å². The van der Waals surface area contributed by atoms with Crippen LogP contribution in [0.4, 0.5) is 5.69 Å². The first kappa shape index (κ1) is 13.2. The van der Waals surface area contributed by atoms with Gasteiger partial charge >= 0.3 is 5.69 Å². The van der Waals surface area contributed by atoms with Gasteiger partial charge in [0.15, 0.2) is 5.75 Å². The van der Waals surface area contributed by atoms with Crippen LogP contribution in [0.2, 0.25) is 5.02 Å². The van der Waals surface area contributed by atoms with Crippen molar-refractivity contribution < 1.29 is 10.0 Å². The number of nitrogens with zero attached hydrogens (tertiary/aromatic N) is 1. The molecule has 0 aliphatic rings. The van der Waals surface area contributed by atoms with Gasteiger partial charge in [0, 0.05) is 5.56 Å². The second kappa shape index (κ2) is 5.47. The fourth-order valence-electron chi connectivity index (χ4n) is 1.30. The standard InChI is InChI=1S/C9H10BrClN2O3/c10-7-6(11)4-5(2-1-3-12)9(14)8(7)13(15)16/h4,14H,1-3,12H2. The number of nitro groups is 1. The topological polar surface area (TPSA) is 89.4 Å². The molecular formula is C9H10BrClN2O3. The van der Waals surface area contributed by atoms with Crippen LogP contribution in [0, 0.1) is 10.1 Å². The van der Waals surface area contributed by atoms with Gasteiger partial charge in [-0.3, -0.25) is 10.1 Å². The monoisotopic (exact) mass is 308 g/mol. The van der Waals surface area contributed by atoms with Gasteiger partial charge in [-0.25, -0.2) is 0 Å². The molecule has 16 heavy (non-hydrogen) atoms. The molecular weight excluding hydrogens is 299 g/mol. The van der Waals surface area contributed by atoms with Crippen LogP contribution < -0.4 is 5.73 Å². The molecule has 0 radical (unpaired) electrons. The lowest BCUT2D eigenvalue weighted by Gasteiger charge is -2.07. The van der Waals surface area contributed by atoms with E-state index in [1.165, 1.54) is 6.07 Å². The Hall–Kier alpha value is -0.850. The van der Waals surface area contributed by atoms with Gasteiger partial charge in [-0.05, 0) is 41.4 Å². The van der Waals surface area contributed by atoms with Crippen molar-refractivity contribution >= 4 is 33.2 Å². The van der Waals surface area contributed by atoms with Crippen LogP contribution in [0.1, 0.15) is 12.0 Å². The molecule has 0 aliphatic heterocycles. The maximum absolute atomic E-state index is 10.8. The summed E-state index contributed by atoms with van der Waals surface area (Å²) >= 11 is 8.80. The lowest BCUT2D eigenvalue weighted by atomic mass is 10.1. The summed E-state index contributed by atoms with van der Waals surface area (Å²) in [7, 11) is 0. The molecule has 3 N–H and O–H groups in total. The number of aromatic hydroxyl groups is 1. The Bertz CT molecular complexity index is 426. The highest BCUT2D eigenvalue weighted by atomic mass is 79.9. The first-order valence-electron chi connectivity index (χ1n) is 4.53. The molecule has 0 fully saturated rings. The van der Waals surface area contributed by atoms with Gasteiger partial charge in [0.1, 0.15) is 4.47 Å². The van der Waals surface area contributed by atoms with E-state index >= 15 is 0 Å². The van der Waals surface area contributed by atoms with Crippen LogP contribution in [0.3, 0.4) is 0 Å².